The standard InChI is InChI=1S/C24H22ClNO5/c1-24(2,3)31-30-23(29)18-11-9-17(16-10-12-21(27)19(25)13-16)14-20(18)26-22(28)15-7-5-4-6-8-15/h4-14,27H,1-3H3,(H,26,28). The van der Waals surface area contributed by atoms with E-state index in [4.69, 9.17) is 21.4 Å². The molecule has 0 aliphatic heterocycles. The topological polar surface area (TPSA) is 84.9 Å². The number of hydrogen-bond acceptors (Lipinski definition) is 5. The molecule has 0 saturated carbocycles. The van der Waals surface area contributed by atoms with Crippen molar-refractivity contribution in [2.75, 3.05) is 5.32 Å². The summed E-state index contributed by atoms with van der Waals surface area (Å²) in [4.78, 5) is 35.4. The Hall–Kier alpha value is -3.35. The number of hydrogen-bond donors (Lipinski definition) is 2. The van der Waals surface area contributed by atoms with Crippen LogP contribution in [0.4, 0.5) is 5.69 Å². The molecule has 31 heavy (non-hydrogen) atoms. The van der Waals surface area contributed by atoms with E-state index >= 15 is 0 Å². The molecule has 0 saturated heterocycles. The second-order valence-corrected chi connectivity index (χ2v) is 8.22. The number of carbonyl (C=O) groups is 2. The zero-order chi connectivity index (χ0) is 22.6. The third kappa shape index (κ3) is 5.84. The summed E-state index contributed by atoms with van der Waals surface area (Å²) in [7, 11) is 0. The van der Waals surface area contributed by atoms with Crippen LogP contribution in [0.1, 0.15) is 41.5 Å². The number of phenols is 1. The van der Waals surface area contributed by atoms with Gasteiger partial charge in [-0.05, 0) is 68.3 Å². The van der Waals surface area contributed by atoms with Crippen molar-refractivity contribution in [3.8, 4) is 16.9 Å². The van der Waals surface area contributed by atoms with Gasteiger partial charge < -0.3 is 10.4 Å². The molecule has 7 heteroatoms. The summed E-state index contributed by atoms with van der Waals surface area (Å²) in [5.41, 5.74) is 1.50. The number of amides is 1. The van der Waals surface area contributed by atoms with Crippen LogP contribution in [0.15, 0.2) is 66.7 Å². The molecule has 0 heterocycles. The fourth-order valence-corrected chi connectivity index (χ4v) is 2.86. The van der Waals surface area contributed by atoms with E-state index in [9.17, 15) is 14.7 Å². The molecule has 0 unspecified atom stereocenters. The molecule has 0 fully saturated rings. The van der Waals surface area contributed by atoms with Crippen LogP contribution < -0.4 is 5.32 Å². The van der Waals surface area contributed by atoms with E-state index < -0.39 is 11.6 Å². The Labute approximate surface area is 185 Å². The van der Waals surface area contributed by atoms with Crippen molar-refractivity contribution in [2.45, 2.75) is 26.4 Å². The molecular formula is C24H22ClNO5. The Morgan fingerprint density at radius 1 is 0.935 bits per heavy atom. The fourth-order valence-electron chi connectivity index (χ4n) is 2.68. The highest BCUT2D eigenvalue weighted by molar-refractivity contribution is 6.32. The van der Waals surface area contributed by atoms with Crippen LogP contribution in [0.2, 0.25) is 5.02 Å². The maximum Gasteiger partial charge on any atom is 0.375 e. The minimum Gasteiger partial charge on any atom is -0.506 e. The number of nitrogens with one attached hydrogen (secondary N) is 1. The predicted octanol–water partition coefficient (Wildman–Crippen LogP) is 5.85. The van der Waals surface area contributed by atoms with Crippen molar-refractivity contribution < 1.29 is 24.5 Å². The number of carbonyl (C=O) groups excluding carboxylic acids is 2. The van der Waals surface area contributed by atoms with Gasteiger partial charge in [-0.15, -0.1) is 0 Å². The largest absolute Gasteiger partial charge is 0.506 e. The second kappa shape index (κ2) is 9.20. The first-order valence-corrected chi connectivity index (χ1v) is 9.91. The summed E-state index contributed by atoms with van der Waals surface area (Å²) in [6.45, 7) is 5.24. The minimum absolute atomic E-state index is 0.0393. The molecular weight excluding hydrogens is 418 g/mol. The number of phenolic OH excluding ortho intramolecular Hbond substituents is 1. The van der Waals surface area contributed by atoms with Crippen LogP contribution in [-0.4, -0.2) is 22.6 Å². The monoisotopic (exact) mass is 439 g/mol. The molecule has 0 radical (unpaired) electrons. The lowest BCUT2D eigenvalue weighted by Gasteiger charge is -2.18. The van der Waals surface area contributed by atoms with Gasteiger partial charge in [0, 0.05) is 5.56 Å². The number of rotatable bonds is 5. The Balaban J connectivity index is 1.98. The van der Waals surface area contributed by atoms with Gasteiger partial charge >= 0.3 is 5.97 Å². The average molecular weight is 440 g/mol. The number of anilines is 1. The van der Waals surface area contributed by atoms with Crippen molar-refractivity contribution >= 4 is 29.2 Å². The first-order chi connectivity index (χ1) is 14.6. The number of benzene rings is 3. The van der Waals surface area contributed by atoms with Gasteiger partial charge in [-0.1, -0.05) is 41.9 Å². The van der Waals surface area contributed by atoms with Crippen LogP contribution in [0, 0.1) is 0 Å². The van der Waals surface area contributed by atoms with Crippen molar-refractivity contribution in [1.82, 2.24) is 0 Å². The van der Waals surface area contributed by atoms with Gasteiger partial charge in [-0.3, -0.25) is 9.68 Å². The molecule has 3 aromatic carbocycles. The van der Waals surface area contributed by atoms with Crippen LogP contribution in [0.5, 0.6) is 5.75 Å². The average Bonchev–Trinajstić information content (AvgIpc) is 2.74. The van der Waals surface area contributed by atoms with Crippen LogP contribution in [0.3, 0.4) is 0 Å². The minimum atomic E-state index is -0.742. The van der Waals surface area contributed by atoms with E-state index in [1.807, 2.05) is 0 Å². The van der Waals surface area contributed by atoms with E-state index in [2.05, 4.69) is 5.32 Å². The maximum absolute atomic E-state index is 12.7. The van der Waals surface area contributed by atoms with Gasteiger partial charge in [0.15, 0.2) is 0 Å². The van der Waals surface area contributed by atoms with E-state index in [-0.39, 0.29) is 27.9 Å². The Bertz CT molecular complexity index is 1110. The third-order valence-electron chi connectivity index (χ3n) is 4.17. The molecule has 6 nitrogen and oxygen atoms in total. The second-order valence-electron chi connectivity index (χ2n) is 7.81. The first kappa shape index (κ1) is 22.3. The van der Waals surface area contributed by atoms with Crippen LogP contribution in [0.25, 0.3) is 11.1 Å². The van der Waals surface area contributed by atoms with Crippen molar-refractivity contribution in [3.63, 3.8) is 0 Å². The van der Waals surface area contributed by atoms with Crippen molar-refractivity contribution in [3.05, 3.63) is 82.9 Å². The normalized spacial score (nSPS) is 11.1. The summed E-state index contributed by atoms with van der Waals surface area (Å²) < 4.78 is 0. The Morgan fingerprint density at radius 2 is 1.58 bits per heavy atom. The van der Waals surface area contributed by atoms with Gasteiger partial charge in [0.05, 0.1) is 16.3 Å². The summed E-state index contributed by atoms with van der Waals surface area (Å²) in [6.07, 6.45) is 0. The zero-order valence-corrected chi connectivity index (χ0v) is 18.1. The highest BCUT2D eigenvalue weighted by atomic mass is 35.5. The smallest absolute Gasteiger partial charge is 0.375 e. The molecule has 3 rings (SSSR count). The zero-order valence-electron chi connectivity index (χ0n) is 17.3. The molecule has 2 N–H and O–H groups in total. The number of halogens is 1. The van der Waals surface area contributed by atoms with Gasteiger partial charge in [0.1, 0.15) is 11.4 Å². The van der Waals surface area contributed by atoms with Gasteiger partial charge in [-0.2, -0.15) is 4.89 Å². The summed E-state index contributed by atoms with van der Waals surface area (Å²) in [5, 5.41) is 12.6. The molecule has 0 atom stereocenters. The summed E-state index contributed by atoms with van der Waals surface area (Å²) in [5.74, 6) is -1.16. The molecule has 1 amide bonds. The van der Waals surface area contributed by atoms with E-state index in [0.29, 0.717) is 16.7 Å². The molecule has 0 bridgehead atoms. The van der Waals surface area contributed by atoms with E-state index in [0.717, 1.165) is 0 Å². The van der Waals surface area contributed by atoms with Crippen molar-refractivity contribution in [1.29, 1.82) is 0 Å². The van der Waals surface area contributed by atoms with Crippen molar-refractivity contribution in [2.24, 2.45) is 0 Å². The number of aromatic hydroxyl groups is 1. The quantitative estimate of drug-likeness (QED) is 0.384. The van der Waals surface area contributed by atoms with E-state index in [1.165, 1.54) is 12.1 Å². The SMILES string of the molecule is CC(C)(C)OOC(=O)c1ccc(-c2ccc(O)c(Cl)c2)cc1NC(=O)c1ccccc1. The Kier molecular flexibility index (Phi) is 6.63. The Morgan fingerprint density at radius 3 is 2.23 bits per heavy atom. The molecule has 0 aromatic heterocycles. The molecule has 3 aromatic rings. The highest BCUT2D eigenvalue weighted by Gasteiger charge is 2.21. The summed E-state index contributed by atoms with van der Waals surface area (Å²) in [6, 6.07) is 18.2. The van der Waals surface area contributed by atoms with Crippen LogP contribution >= 0.6 is 11.6 Å². The predicted molar refractivity (Wildman–Crippen MR) is 119 cm³/mol. The maximum atomic E-state index is 12.7. The fraction of sp³-hybridized carbons (Fsp3) is 0.167. The lowest BCUT2D eigenvalue weighted by molar-refractivity contribution is -0.301. The van der Waals surface area contributed by atoms with Gasteiger partial charge in [0.25, 0.3) is 5.91 Å². The summed E-state index contributed by atoms with van der Waals surface area (Å²) >= 11 is 6.02. The lowest BCUT2D eigenvalue weighted by Crippen LogP contribution is -2.23. The first-order valence-electron chi connectivity index (χ1n) is 9.53. The highest BCUT2D eigenvalue weighted by Crippen LogP contribution is 2.32. The lowest BCUT2D eigenvalue weighted by atomic mass is 10.0. The molecule has 160 valence electrons. The third-order valence-corrected chi connectivity index (χ3v) is 4.47. The van der Waals surface area contributed by atoms with Gasteiger partial charge in [-0.25, -0.2) is 4.79 Å². The molecule has 0 aliphatic carbocycles. The molecule has 0 aliphatic rings. The molecule has 0 spiro atoms. The van der Waals surface area contributed by atoms with Gasteiger partial charge in [0.2, 0.25) is 0 Å². The van der Waals surface area contributed by atoms with Crippen LogP contribution in [-0.2, 0) is 9.78 Å². The van der Waals surface area contributed by atoms with E-state index in [1.54, 1.807) is 75.4 Å².